The number of amides is 1. The molecule has 0 N–H and O–H groups in total. The van der Waals surface area contributed by atoms with Crippen molar-refractivity contribution >= 4 is 17.2 Å². The SMILES string of the molecule is Cc1ccc(C(=O)N2CCC(n3nc(-c4ccsc4)ccc3=O)CC2)cc1. The van der Waals surface area contributed by atoms with Gasteiger partial charge in [0.2, 0.25) is 0 Å². The van der Waals surface area contributed by atoms with Crippen LogP contribution in [0.2, 0.25) is 0 Å². The molecule has 0 bridgehead atoms. The highest BCUT2D eigenvalue weighted by atomic mass is 32.1. The lowest BCUT2D eigenvalue weighted by Crippen LogP contribution is -2.41. The molecule has 0 unspecified atom stereocenters. The molecular formula is C21H21N3O2S. The first-order valence-corrected chi connectivity index (χ1v) is 10.0. The lowest BCUT2D eigenvalue weighted by atomic mass is 10.0. The van der Waals surface area contributed by atoms with Crippen molar-refractivity contribution in [1.29, 1.82) is 0 Å². The zero-order valence-corrected chi connectivity index (χ0v) is 16.0. The van der Waals surface area contributed by atoms with Gasteiger partial charge in [-0.3, -0.25) is 9.59 Å². The molecule has 4 rings (SSSR count). The van der Waals surface area contributed by atoms with E-state index < -0.39 is 0 Å². The number of aryl methyl sites for hydroxylation is 1. The number of aromatic nitrogens is 2. The number of likely N-dealkylation sites (tertiary alicyclic amines) is 1. The minimum atomic E-state index is -0.0858. The Labute approximate surface area is 161 Å². The minimum Gasteiger partial charge on any atom is -0.338 e. The average Bonchev–Trinajstić information content (AvgIpc) is 3.23. The van der Waals surface area contributed by atoms with Crippen molar-refractivity contribution in [2.45, 2.75) is 25.8 Å². The summed E-state index contributed by atoms with van der Waals surface area (Å²) in [7, 11) is 0. The summed E-state index contributed by atoms with van der Waals surface area (Å²) in [5.41, 5.74) is 3.61. The van der Waals surface area contributed by atoms with E-state index in [4.69, 9.17) is 0 Å². The van der Waals surface area contributed by atoms with Crippen molar-refractivity contribution in [3.8, 4) is 11.3 Å². The molecule has 3 heterocycles. The topological polar surface area (TPSA) is 55.2 Å². The van der Waals surface area contributed by atoms with Crippen LogP contribution in [-0.4, -0.2) is 33.7 Å². The van der Waals surface area contributed by atoms with Crippen LogP contribution in [0.15, 0.2) is 58.0 Å². The fourth-order valence-electron chi connectivity index (χ4n) is 3.44. The van der Waals surface area contributed by atoms with E-state index in [2.05, 4.69) is 5.10 Å². The first kappa shape index (κ1) is 17.7. The van der Waals surface area contributed by atoms with E-state index in [1.54, 1.807) is 28.2 Å². The molecule has 0 aliphatic carbocycles. The molecule has 138 valence electrons. The molecule has 1 aliphatic rings. The third-order valence-electron chi connectivity index (χ3n) is 5.04. The molecular weight excluding hydrogens is 358 g/mol. The molecule has 1 amide bonds. The molecule has 1 saturated heterocycles. The fourth-order valence-corrected chi connectivity index (χ4v) is 4.09. The van der Waals surface area contributed by atoms with Gasteiger partial charge in [0.25, 0.3) is 11.5 Å². The second kappa shape index (κ2) is 7.48. The van der Waals surface area contributed by atoms with Gasteiger partial charge in [-0.1, -0.05) is 17.7 Å². The van der Waals surface area contributed by atoms with Gasteiger partial charge < -0.3 is 4.90 Å². The van der Waals surface area contributed by atoms with E-state index in [1.165, 1.54) is 0 Å². The van der Waals surface area contributed by atoms with Gasteiger partial charge >= 0.3 is 0 Å². The highest BCUT2D eigenvalue weighted by Crippen LogP contribution is 2.24. The number of benzene rings is 1. The molecule has 2 aromatic heterocycles. The minimum absolute atomic E-state index is 0.0261. The average molecular weight is 379 g/mol. The fraction of sp³-hybridized carbons (Fsp3) is 0.286. The van der Waals surface area contributed by atoms with Gasteiger partial charge in [-0.05, 0) is 49.4 Å². The standard InChI is InChI=1S/C21H21N3O2S/c1-15-2-4-16(5-3-15)21(26)23-11-8-18(9-12-23)24-20(25)7-6-19(22-24)17-10-13-27-14-17/h2-7,10,13-14,18H,8-9,11-12H2,1H3. The van der Waals surface area contributed by atoms with Crippen LogP contribution >= 0.6 is 11.3 Å². The smallest absolute Gasteiger partial charge is 0.267 e. The molecule has 6 heteroatoms. The Balaban J connectivity index is 1.48. The number of nitrogens with zero attached hydrogens (tertiary/aromatic N) is 3. The first-order valence-electron chi connectivity index (χ1n) is 9.10. The van der Waals surface area contributed by atoms with Gasteiger partial charge in [0, 0.05) is 35.7 Å². The third kappa shape index (κ3) is 3.71. The zero-order chi connectivity index (χ0) is 18.8. The molecule has 0 radical (unpaired) electrons. The maximum atomic E-state index is 12.7. The summed E-state index contributed by atoms with van der Waals surface area (Å²) < 4.78 is 1.60. The van der Waals surface area contributed by atoms with Crippen LogP contribution in [0.5, 0.6) is 0 Å². The van der Waals surface area contributed by atoms with Gasteiger partial charge in [0.1, 0.15) is 0 Å². The van der Waals surface area contributed by atoms with Crippen LogP contribution in [0.4, 0.5) is 0 Å². The van der Waals surface area contributed by atoms with Crippen molar-refractivity contribution in [1.82, 2.24) is 14.7 Å². The Morgan fingerprint density at radius 1 is 1.07 bits per heavy atom. The highest BCUT2D eigenvalue weighted by molar-refractivity contribution is 7.08. The number of rotatable bonds is 3. The van der Waals surface area contributed by atoms with Crippen LogP contribution in [0.25, 0.3) is 11.3 Å². The second-order valence-electron chi connectivity index (χ2n) is 6.90. The van der Waals surface area contributed by atoms with Crippen LogP contribution in [-0.2, 0) is 0 Å². The van der Waals surface area contributed by atoms with Crippen LogP contribution in [0.1, 0.15) is 34.8 Å². The Morgan fingerprint density at radius 2 is 1.81 bits per heavy atom. The molecule has 0 spiro atoms. The number of piperidine rings is 1. The van der Waals surface area contributed by atoms with Crippen molar-refractivity contribution in [2.75, 3.05) is 13.1 Å². The second-order valence-corrected chi connectivity index (χ2v) is 7.68. The molecule has 1 aromatic carbocycles. The first-order chi connectivity index (χ1) is 13.1. The number of hydrogen-bond acceptors (Lipinski definition) is 4. The molecule has 1 fully saturated rings. The lowest BCUT2D eigenvalue weighted by Gasteiger charge is -2.32. The number of thiophene rings is 1. The summed E-state index contributed by atoms with van der Waals surface area (Å²) >= 11 is 1.61. The van der Waals surface area contributed by atoms with E-state index in [0.29, 0.717) is 18.7 Å². The van der Waals surface area contributed by atoms with Gasteiger partial charge in [-0.15, -0.1) is 0 Å². The summed E-state index contributed by atoms with van der Waals surface area (Å²) in [6.07, 6.45) is 1.47. The normalized spacial score (nSPS) is 15.1. The predicted octanol–water partition coefficient (Wildman–Crippen LogP) is 3.76. The maximum Gasteiger partial charge on any atom is 0.267 e. The van der Waals surface area contributed by atoms with E-state index in [1.807, 2.05) is 52.9 Å². The summed E-state index contributed by atoms with van der Waals surface area (Å²) in [5.74, 6) is 0.0563. The van der Waals surface area contributed by atoms with E-state index >= 15 is 0 Å². The Bertz CT molecular complexity index is 985. The van der Waals surface area contributed by atoms with E-state index in [9.17, 15) is 9.59 Å². The molecule has 0 atom stereocenters. The van der Waals surface area contributed by atoms with Crippen LogP contribution in [0.3, 0.4) is 0 Å². The van der Waals surface area contributed by atoms with Gasteiger partial charge in [0.15, 0.2) is 0 Å². The Kier molecular flexibility index (Phi) is 4.90. The van der Waals surface area contributed by atoms with Crippen molar-refractivity contribution in [3.63, 3.8) is 0 Å². The third-order valence-corrected chi connectivity index (χ3v) is 5.72. The predicted molar refractivity (Wildman–Crippen MR) is 107 cm³/mol. The maximum absolute atomic E-state index is 12.7. The molecule has 0 saturated carbocycles. The monoisotopic (exact) mass is 379 g/mol. The van der Waals surface area contributed by atoms with Gasteiger partial charge in [-0.2, -0.15) is 16.4 Å². The number of carbonyl (C=O) groups excluding carboxylic acids is 1. The Hall–Kier alpha value is -2.73. The number of carbonyl (C=O) groups is 1. The van der Waals surface area contributed by atoms with Crippen LogP contribution < -0.4 is 5.56 Å². The lowest BCUT2D eigenvalue weighted by molar-refractivity contribution is 0.0688. The summed E-state index contributed by atoms with van der Waals surface area (Å²) in [6, 6.07) is 13.1. The molecule has 5 nitrogen and oxygen atoms in total. The summed E-state index contributed by atoms with van der Waals surface area (Å²) in [5, 5.41) is 8.61. The largest absolute Gasteiger partial charge is 0.338 e. The molecule has 27 heavy (non-hydrogen) atoms. The van der Waals surface area contributed by atoms with Crippen LogP contribution in [0, 0.1) is 6.92 Å². The molecule has 1 aliphatic heterocycles. The molecule has 3 aromatic rings. The van der Waals surface area contributed by atoms with E-state index in [-0.39, 0.29) is 17.5 Å². The van der Waals surface area contributed by atoms with Gasteiger partial charge in [0.05, 0.1) is 11.7 Å². The van der Waals surface area contributed by atoms with E-state index in [0.717, 1.165) is 29.7 Å². The Morgan fingerprint density at radius 3 is 2.48 bits per heavy atom. The van der Waals surface area contributed by atoms with Gasteiger partial charge in [-0.25, -0.2) is 4.68 Å². The summed E-state index contributed by atoms with van der Waals surface area (Å²) in [4.78, 5) is 26.9. The highest BCUT2D eigenvalue weighted by Gasteiger charge is 2.26. The summed E-state index contributed by atoms with van der Waals surface area (Å²) in [6.45, 7) is 3.27. The number of hydrogen-bond donors (Lipinski definition) is 0. The van der Waals surface area contributed by atoms with Crippen molar-refractivity contribution in [3.05, 3.63) is 74.7 Å². The zero-order valence-electron chi connectivity index (χ0n) is 15.2. The quantitative estimate of drug-likeness (QED) is 0.696. The van der Waals surface area contributed by atoms with Crippen molar-refractivity contribution < 1.29 is 4.79 Å². The van der Waals surface area contributed by atoms with Crippen molar-refractivity contribution in [2.24, 2.45) is 0 Å².